The third-order valence-corrected chi connectivity index (χ3v) is 2.66. The number of benzene rings is 1. The Morgan fingerprint density at radius 2 is 1.79 bits per heavy atom. The third-order valence-electron chi connectivity index (χ3n) is 2.66. The van der Waals surface area contributed by atoms with Crippen LogP contribution in [0.3, 0.4) is 0 Å². The summed E-state index contributed by atoms with van der Waals surface area (Å²) < 4.78 is 10.5. The molecule has 0 fully saturated rings. The molecule has 0 bridgehead atoms. The monoisotopic (exact) mass is 260 g/mol. The Bertz CT molecular complexity index is 587. The molecule has 0 spiro atoms. The fourth-order valence-corrected chi connectivity index (χ4v) is 1.78. The van der Waals surface area contributed by atoms with Crippen LogP contribution in [0.1, 0.15) is 5.69 Å². The number of ether oxygens (including phenoxy) is 2. The summed E-state index contributed by atoms with van der Waals surface area (Å²) in [6.45, 7) is 1.88. The summed E-state index contributed by atoms with van der Waals surface area (Å²) in [6.07, 6.45) is 0. The number of aromatic nitrogens is 2. The minimum absolute atomic E-state index is 0.379. The number of nitrogens with zero attached hydrogens (tertiary/aromatic N) is 2. The number of nitrogens with one attached hydrogen (secondary N) is 1. The quantitative estimate of drug-likeness (QED) is 0.644. The molecule has 0 aliphatic rings. The van der Waals surface area contributed by atoms with E-state index in [-0.39, 0.29) is 0 Å². The van der Waals surface area contributed by atoms with E-state index in [0.29, 0.717) is 17.4 Å². The second-order valence-electron chi connectivity index (χ2n) is 3.93. The Labute approximate surface area is 111 Å². The van der Waals surface area contributed by atoms with Crippen LogP contribution in [0.25, 0.3) is 11.3 Å². The molecule has 0 aliphatic heterocycles. The maximum absolute atomic E-state index is 5.35. The van der Waals surface area contributed by atoms with Crippen LogP contribution < -0.4 is 20.7 Å². The van der Waals surface area contributed by atoms with E-state index in [1.807, 2.05) is 31.2 Å². The van der Waals surface area contributed by atoms with E-state index < -0.39 is 0 Å². The van der Waals surface area contributed by atoms with E-state index in [9.17, 15) is 0 Å². The molecule has 100 valence electrons. The van der Waals surface area contributed by atoms with Crippen molar-refractivity contribution in [3.8, 4) is 22.8 Å². The summed E-state index contributed by atoms with van der Waals surface area (Å²) in [6, 6.07) is 7.48. The van der Waals surface area contributed by atoms with Crippen LogP contribution in [0.4, 0.5) is 5.95 Å². The van der Waals surface area contributed by atoms with Crippen LogP contribution in [-0.2, 0) is 0 Å². The maximum atomic E-state index is 5.35. The fourth-order valence-electron chi connectivity index (χ4n) is 1.78. The molecule has 0 amide bonds. The number of nitrogen functional groups attached to an aromatic ring is 1. The van der Waals surface area contributed by atoms with Crippen molar-refractivity contribution in [3.05, 3.63) is 30.0 Å². The van der Waals surface area contributed by atoms with E-state index in [1.54, 1.807) is 14.2 Å². The second kappa shape index (κ2) is 5.53. The molecule has 0 aliphatic carbocycles. The molecule has 0 radical (unpaired) electrons. The molecule has 0 unspecified atom stereocenters. The van der Waals surface area contributed by atoms with Crippen LogP contribution in [0, 0.1) is 6.92 Å². The zero-order chi connectivity index (χ0) is 13.8. The van der Waals surface area contributed by atoms with Gasteiger partial charge in [0.2, 0.25) is 5.95 Å². The number of anilines is 1. The largest absolute Gasteiger partial charge is 0.493 e. The van der Waals surface area contributed by atoms with Crippen molar-refractivity contribution in [3.63, 3.8) is 0 Å². The number of hydrazine groups is 1. The van der Waals surface area contributed by atoms with Gasteiger partial charge in [-0.2, -0.15) is 0 Å². The average molecular weight is 260 g/mol. The van der Waals surface area contributed by atoms with Crippen molar-refractivity contribution in [2.45, 2.75) is 6.92 Å². The normalized spacial score (nSPS) is 10.1. The summed E-state index contributed by atoms with van der Waals surface area (Å²) >= 11 is 0. The van der Waals surface area contributed by atoms with E-state index in [4.69, 9.17) is 15.3 Å². The first kappa shape index (κ1) is 13.1. The van der Waals surface area contributed by atoms with Crippen molar-refractivity contribution in [1.82, 2.24) is 9.97 Å². The van der Waals surface area contributed by atoms with Crippen LogP contribution in [0.5, 0.6) is 11.5 Å². The highest BCUT2D eigenvalue weighted by atomic mass is 16.5. The first-order valence-electron chi connectivity index (χ1n) is 5.72. The van der Waals surface area contributed by atoms with Gasteiger partial charge in [0.25, 0.3) is 0 Å². The molecule has 2 aromatic rings. The molecular weight excluding hydrogens is 244 g/mol. The highest BCUT2D eigenvalue weighted by Gasteiger charge is 2.08. The van der Waals surface area contributed by atoms with Gasteiger partial charge < -0.3 is 9.47 Å². The molecule has 6 heteroatoms. The van der Waals surface area contributed by atoms with Crippen molar-refractivity contribution < 1.29 is 9.47 Å². The lowest BCUT2D eigenvalue weighted by Crippen LogP contribution is -2.11. The topological polar surface area (TPSA) is 82.3 Å². The van der Waals surface area contributed by atoms with Gasteiger partial charge in [0.1, 0.15) is 0 Å². The second-order valence-corrected chi connectivity index (χ2v) is 3.93. The van der Waals surface area contributed by atoms with Crippen molar-refractivity contribution >= 4 is 5.95 Å². The molecule has 1 aromatic carbocycles. The molecule has 0 atom stereocenters. The van der Waals surface area contributed by atoms with Crippen LogP contribution in [-0.4, -0.2) is 24.2 Å². The minimum atomic E-state index is 0.379. The van der Waals surface area contributed by atoms with E-state index >= 15 is 0 Å². The molecule has 1 heterocycles. The highest BCUT2D eigenvalue weighted by molar-refractivity contribution is 5.65. The first-order chi connectivity index (χ1) is 9.17. The number of hydrogen-bond donors (Lipinski definition) is 2. The molecular formula is C13H16N4O2. The van der Waals surface area contributed by atoms with Gasteiger partial charge in [-0.05, 0) is 31.2 Å². The number of nitrogens with two attached hydrogens (primary N) is 1. The average Bonchev–Trinajstić information content (AvgIpc) is 2.45. The molecule has 2 rings (SSSR count). The van der Waals surface area contributed by atoms with Gasteiger partial charge in [0.15, 0.2) is 11.5 Å². The smallest absolute Gasteiger partial charge is 0.237 e. The number of rotatable bonds is 4. The Kier molecular flexibility index (Phi) is 3.82. The molecule has 0 saturated carbocycles. The predicted octanol–water partition coefficient (Wildman–Crippen LogP) is 1.75. The first-order valence-corrected chi connectivity index (χ1v) is 5.72. The lowest BCUT2D eigenvalue weighted by atomic mass is 10.1. The lowest BCUT2D eigenvalue weighted by Gasteiger charge is -2.10. The van der Waals surface area contributed by atoms with Crippen molar-refractivity contribution in [2.24, 2.45) is 5.84 Å². The molecule has 1 aromatic heterocycles. The Hall–Kier alpha value is -2.34. The summed E-state index contributed by atoms with van der Waals surface area (Å²) in [4.78, 5) is 8.46. The summed E-state index contributed by atoms with van der Waals surface area (Å²) in [5, 5.41) is 0. The maximum Gasteiger partial charge on any atom is 0.237 e. The number of hydrogen-bond acceptors (Lipinski definition) is 6. The van der Waals surface area contributed by atoms with Crippen molar-refractivity contribution in [2.75, 3.05) is 19.6 Å². The van der Waals surface area contributed by atoms with Crippen molar-refractivity contribution in [1.29, 1.82) is 0 Å². The minimum Gasteiger partial charge on any atom is -0.493 e. The van der Waals surface area contributed by atoms with Crippen LogP contribution >= 0.6 is 0 Å². The zero-order valence-electron chi connectivity index (χ0n) is 11.1. The summed E-state index contributed by atoms with van der Waals surface area (Å²) in [7, 11) is 3.20. The standard InChI is InChI=1S/C13H16N4O2/c1-8-6-10(16-13(15-8)17-14)9-4-5-11(18-2)12(7-9)19-3/h4-7H,14H2,1-3H3,(H,15,16,17). The van der Waals surface area contributed by atoms with Gasteiger partial charge in [0, 0.05) is 11.3 Å². The SMILES string of the molecule is COc1ccc(-c2cc(C)nc(NN)n2)cc1OC. The van der Waals surface area contributed by atoms with Gasteiger partial charge in [-0.3, -0.25) is 5.43 Å². The third kappa shape index (κ3) is 2.74. The fraction of sp³-hybridized carbons (Fsp3) is 0.231. The van der Waals surface area contributed by atoms with Gasteiger partial charge in [-0.25, -0.2) is 15.8 Å². The van der Waals surface area contributed by atoms with Gasteiger partial charge in [-0.1, -0.05) is 0 Å². The van der Waals surface area contributed by atoms with E-state index in [1.165, 1.54) is 0 Å². The van der Waals surface area contributed by atoms with Gasteiger partial charge >= 0.3 is 0 Å². The summed E-state index contributed by atoms with van der Waals surface area (Å²) in [5.74, 6) is 7.05. The van der Waals surface area contributed by atoms with Gasteiger partial charge in [-0.15, -0.1) is 0 Å². The highest BCUT2D eigenvalue weighted by Crippen LogP contribution is 2.31. The van der Waals surface area contributed by atoms with Crippen LogP contribution in [0.15, 0.2) is 24.3 Å². The Balaban J connectivity index is 2.49. The molecule has 6 nitrogen and oxygen atoms in total. The zero-order valence-corrected chi connectivity index (χ0v) is 11.1. The molecule has 19 heavy (non-hydrogen) atoms. The lowest BCUT2D eigenvalue weighted by molar-refractivity contribution is 0.355. The van der Waals surface area contributed by atoms with E-state index in [2.05, 4.69) is 15.4 Å². The van der Waals surface area contributed by atoms with Gasteiger partial charge in [0.05, 0.1) is 19.9 Å². The predicted molar refractivity (Wildman–Crippen MR) is 73.1 cm³/mol. The molecule has 3 N–H and O–H groups in total. The van der Waals surface area contributed by atoms with Crippen LogP contribution in [0.2, 0.25) is 0 Å². The summed E-state index contributed by atoms with van der Waals surface area (Å²) in [5.41, 5.74) is 4.95. The number of methoxy groups -OCH3 is 2. The molecule has 0 saturated heterocycles. The Morgan fingerprint density at radius 3 is 2.42 bits per heavy atom. The number of aryl methyl sites for hydroxylation is 1. The Morgan fingerprint density at radius 1 is 1.05 bits per heavy atom. The van der Waals surface area contributed by atoms with E-state index in [0.717, 1.165) is 17.0 Å².